The number of nitrogens with zero attached hydrogens (tertiary/aromatic N) is 2. The normalized spacial score (nSPS) is 15.2. The highest BCUT2D eigenvalue weighted by molar-refractivity contribution is 5.81. The first kappa shape index (κ1) is 11.5. The summed E-state index contributed by atoms with van der Waals surface area (Å²) in [5, 5.41) is 0.823. The molecule has 1 fully saturated rings. The summed E-state index contributed by atoms with van der Waals surface area (Å²) in [5.41, 5.74) is 2.13. The van der Waals surface area contributed by atoms with Gasteiger partial charge in [-0.3, -0.25) is 9.36 Å². The van der Waals surface area contributed by atoms with Gasteiger partial charge in [0.25, 0.3) is 5.56 Å². The molecule has 0 unspecified atom stereocenters. The van der Waals surface area contributed by atoms with Crippen LogP contribution >= 0.6 is 0 Å². The van der Waals surface area contributed by atoms with E-state index in [0.29, 0.717) is 6.04 Å². The van der Waals surface area contributed by atoms with E-state index in [1.54, 1.807) is 0 Å². The number of aryl methyl sites for hydroxylation is 2. The second-order valence-electron chi connectivity index (χ2n) is 4.95. The van der Waals surface area contributed by atoms with E-state index >= 15 is 0 Å². The Hall–Kier alpha value is -1.64. The van der Waals surface area contributed by atoms with Crippen LogP contribution in [0.1, 0.15) is 44.1 Å². The molecule has 0 radical (unpaired) electrons. The summed E-state index contributed by atoms with van der Waals surface area (Å²) in [7, 11) is 0. The number of benzene rings is 1. The van der Waals surface area contributed by atoms with Crippen LogP contribution in [0.15, 0.2) is 23.0 Å². The Balaban J connectivity index is 2.39. The molecule has 0 saturated heterocycles. The Morgan fingerprint density at radius 2 is 2.06 bits per heavy atom. The van der Waals surface area contributed by atoms with Gasteiger partial charge < -0.3 is 0 Å². The molecular weight excluding hydrogens is 224 g/mol. The highest BCUT2D eigenvalue weighted by Gasteiger charge is 2.28. The lowest BCUT2D eigenvalue weighted by atomic mass is 10.1. The third-order valence-electron chi connectivity index (χ3n) is 3.70. The van der Waals surface area contributed by atoms with Crippen molar-refractivity contribution in [3.05, 3.63) is 39.9 Å². The molecule has 1 aliphatic rings. The molecule has 1 aromatic heterocycles. The Bertz CT molecular complexity index is 653. The highest BCUT2D eigenvalue weighted by Crippen LogP contribution is 2.34. The van der Waals surface area contributed by atoms with E-state index in [-0.39, 0.29) is 5.56 Å². The van der Waals surface area contributed by atoms with Gasteiger partial charge in [0, 0.05) is 12.5 Å². The maximum atomic E-state index is 12.7. The first-order chi connectivity index (χ1) is 8.76. The van der Waals surface area contributed by atoms with Crippen molar-refractivity contribution >= 4 is 10.9 Å². The SMILES string of the molecule is CCc1cccc2nc(CC)n(C3CC3)c(=O)c12. The zero-order chi connectivity index (χ0) is 12.7. The third kappa shape index (κ3) is 1.65. The second kappa shape index (κ2) is 4.23. The van der Waals surface area contributed by atoms with Crippen LogP contribution in [0.5, 0.6) is 0 Å². The van der Waals surface area contributed by atoms with E-state index in [1.807, 2.05) is 22.8 Å². The fourth-order valence-corrected chi connectivity index (χ4v) is 2.61. The zero-order valence-electron chi connectivity index (χ0n) is 10.9. The lowest BCUT2D eigenvalue weighted by Gasteiger charge is -2.12. The number of fused-ring (bicyclic) bond motifs is 1. The molecule has 3 rings (SSSR count). The van der Waals surface area contributed by atoms with Crippen molar-refractivity contribution < 1.29 is 0 Å². The van der Waals surface area contributed by atoms with Crippen LogP contribution in [0.4, 0.5) is 0 Å². The van der Waals surface area contributed by atoms with Gasteiger partial charge in [-0.1, -0.05) is 26.0 Å². The number of hydrogen-bond acceptors (Lipinski definition) is 2. The highest BCUT2D eigenvalue weighted by atomic mass is 16.1. The fourth-order valence-electron chi connectivity index (χ4n) is 2.61. The summed E-state index contributed by atoms with van der Waals surface area (Å²) in [5.74, 6) is 0.934. The molecule has 1 saturated carbocycles. The van der Waals surface area contributed by atoms with Crippen molar-refractivity contribution in [3.8, 4) is 0 Å². The molecule has 0 bridgehead atoms. The first-order valence-corrected chi connectivity index (χ1v) is 6.79. The Kier molecular flexibility index (Phi) is 2.69. The van der Waals surface area contributed by atoms with Crippen LogP contribution in [-0.4, -0.2) is 9.55 Å². The summed E-state index contributed by atoms with van der Waals surface area (Å²) < 4.78 is 1.93. The molecular formula is C15H18N2O. The van der Waals surface area contributed by atoms with Crippen LogP contribution < -0.4 is 5.56 Å². The van der Waals surface area contributed by atoms with Gasteiger partial charge in [0.1, 0.15) is 5.82 Å². The molecule has 0 aliphatic heterocycles. The van der Waals surface area contributed by atoms with Crippen molar-refractivity contribution in [2.75, 3.05) is 0 Å². The van der Waals surface area contributed by atoms with Crippen molar-refractivity contribution in [1.29, 1.82) is 0 Å². The summed E-state index contributed by atoms with van der Waals surface area (Å²) in [6.45, 7) is 4.15. The summed E-state index contributed by atoms with van der Waals surface area (Å²) in [6.07, 6.45) is 3.94. The third-order valence-corrected chi connectivity index (χ3v) is 3.70. The standard InChI is InChI=1S/C15H18N2O/c1-3-10-6-5-7-12-14(10)15(18)17(11-8-9-11)13(4-2)16-12/h5-7,11H,3-4,8-9H2,1-2H3. The molecule has 0 spiro atoms. The maximum Gasteiger partial charge on any atom is 0.261 e. The van der Waals surface area contributed by atoms with Gasteiger partial charge in [-0.2, -0.15) is 0 Å². The fraction of sp³-hybridized carbons (Fsp3) is 0.467. The largest absolute Gasteiger partial charge is 0.293 e. The molecule has 0 amide bonds. The van der Waals surface area contributed by atoms with E-state index in [2.05, 4.69) is 18.8 Å². The zero-order valence-corrected chi connectivity index (χ0v) is 10.9. The minimum Gasteiger partial charge on any atom is -0.293 e. The van der Waals surface area contributed by atoms with E-state index in [1.165, 1.54) is 0 Å². The van der Waals surface area contributed by atoms with Gasteiger partial charge in [-0.05, 0) is 30.9 Å². The predicted octanol–water partition coefficient (Wildman–Crippen LogP) is 2.86. The molecule has 3 nitrogen and oxygen atoms in total. The van der Waals surface area contributed by atoms with E-state index < -0.39 is 0 Å². The Morgan fingerprint density at radius 1 is 1.28 bits per heavy atom. The molecule has 0 N–H and O–H groups in total. The quantitative estimate of drug-likeness (QED) is 0.829. The molecule has 0 atom stereocenters. The van der Waals surface area contributed by atoms with Gasteiger partial charge in [-0.25, -0.2) is 4.98 Å². The molecule has 3 heteroatoms. The van der Waals surface area contributed by atoms with Gasteiger partial charge in [0.15, 0.2) is 0 Å². The first-order valence-electron chi connectivity index (χ1n) is 6.79. The molecule has 1 aromatic carbocycles. The molecule has 94 valence electrons. The number of rotatable bonds is 3. The summed E-state index contributed by atoms with van der Waals surface area (Å²) in [6, 6.07) is 6.38. The number of hydrogen-bond donors (Lipinski definition) is 0. The van der Waals surface area contributed by atoms with E-state index in [9.17, 15) is 4.79 Å². The van der Waals surface area contributed by atoms with Crippen molar-refractivity contribution in [2.24, 2.45) is 0 Å². The molecule has 2 aromatic rings. The average molecular weight is 242 g/mol. The van der Waals surface area contributed by atoms with Crippen molar-refractivity contribution in [2.45, 2.75) is 45.6 Å². The van der Waals surface area contributed by atoms with Crippen molar-refractivity contribution in [3.63, 3.8) is 0 Å². The van der Waals surface area contributed by atoms with Gasteiger partial charge >= 0.3 is 0 Å². The van der Waals surface area contributed by atoms with Crippen LogP contribution in [0.2, 0.25) is 0 Å². The van der Waals surface area contributed by atoms with Crippen LogP contribution in [0.25, 0.3) is 10.9 Å². The maximum absolute atomic E-state index is 12.7. The van der Waals surface area contributed by atoms with Gasteiger partial charge in [0.05, 0.1) is 10.9 Å². The Labute approximate surface area is 106 Å². The minimum atomic E-state index is 0.164. The van der Waals surface area contributed by atoms with Gasteiger partial charge in [-0.15, -0.1) is 0 Å². The molecule has 1 heterocycles. The van der Waals surface area contributed by atoms with Crippen LogP contribution in [-0.2, 0) is 12.8 Å². The molecule has 1 aliphatic carbocycles. The van der Waals surface area contributed by atoms with Crippen LogP contribution in [0, 0.1) is 0 Å². The summed E-state index contributed by atoms with van der Waals surface area (Å²) >= 11 is 0. The average Bonchev–Trinajstić information content (AvgIpc) is 3.21. The minimum absolute atomic E-state index is 0.164. The lowest BCUT2D eigenvalue weighted by molar-refractivity contribution is 0.646. The van der Waals surface area contributed by atoms with Gasteiger partial charge in [0.2, 0.25) is 0 Å². The molecule has 18 heavy (non-hydrogen) atoms. The monoisotopic (exact) mass is 242 g/mol. The van der Waals surface area contributed by atoms with E-state index in [4.69, 9.17) is 0 Å². The van der Waals surface area contributed by atoms with Crippen LogP contribution in [0.3, 0.4) is 0 Å². The van der Waals surface area contributed by atoms with E-state index in [0.717, 1.165) is 48.0 Å². The van der Waals surface area contributed by atoms with Crippen molar-refractivity contribution in [1.82, 2.24) is 9.55 Å². The Morgan fingerprint density at radius 3 is 2.67 bits per heavy atom. The number of aromatic nitrogens is 2. The summed E-state index contributed by atoms with van der Waals surface area (Å²) in [4.78, 5) is 17.4. The predicted molar refractivity (Wildman–Crippen MR) is 73.0 cm³/mol. The smallest absolute Gasteiger partial charge is 0.261 e. The second-order valence-corrected chi connectivity index (χ2v) is 4.95. The topological polar surface area (TPSA) is 34.9 Å². The lowest BCUT2D eigenvalue weighted by Crippen LogP contribution is -2.25.